The van der Waals surface area contributed by atoms with E-state index < -0.39 is 0 Å². The molecule has 0 radical (unpaired) electrons. The van der Waals surface area contributed by atoms with Gasteiger partial charge in [0.2, 0.25) is 5.91 Å². The number of rotatable bonds is 5. The first-order valence-corrected chi connectivity index (χ1v) is 8.53. The third-order valence-corrected chi connectivity index (χ3v) is 5.41. The molecule has 0 spiro atoms. The number of nitrogens with two attached hydrogens (primary N) is 1. The third kappa shape index (κ3) is 2.80. The molecule has 122 valence electrons. The van der Waals surface area contributed by atoms with Gasteiger partial charge >= 0.3 is 0 Å². The lowest BCUT2D eigenvalue weighted by molar-refractivity contribution is -0.117. The summed E-state index contributed by atoms with van der Waals surface area (Å²) in [5.41, 5.74) is 8.31. The van der Waals surface area contributed by atoms with Crippen LogP contribution >= 0.6 is 0 Å². The lowest BCUT2D eigenvalue weighted by Gasteiger charge is -2.20. The van der Waals surface area contributed by atoms with E-state index in [4.69, 9.17) is 10.5 Å². The van der Waals surface area contributed by atoms with Gasteiger partial charge in [-0.3, -0.25) is 4.79 Å². The molecule has 2 N–H and O–H groups in total. The molecule has 1 unspecified atom stereocenters. The molecule has 3 aliphatic rings. The van der Waals surface area contributed by atoms with Crippen LogP contribution in [0, 0.1) is 0 Å². The fourth-order valence-electron chi connectivity index (χ4n) is 3.78. The predicted molar refractivity (Wildman–Crippen MR) is 89.5 cm³/mol. The maximum Gasteiger partial charge on any atom is 0.282 e. The number of nitrogens with zero attached hydrogens (tertiary/aromatic N) is 2. The molecule has 1 aliphatic carbocycles. The molecule has 0 bridgehead atoms. The number of anilines is 1. The number of amides is 1. The molecule has 1 saturated heterocycles. The molecule has 4 rings (SSSR count). The average Bonchev–Trinajstić information content (AvgIpc) is 3.05. The highest BCUT2D eigenvalue weighted by Crippen LogP contribution is 2.52. The molecule has 23 heavy (non-hydrogen) atoms. The Hall–Kier alpha value is -2.04. The van der Waals surface area contributed by atoms with Crippen molar-refractivity contribution >= 4 is 17.6 Å². The second-order valence-electron chi connectivity index (χ2n) is 6.95. The van der Waals surface area contributed by atoms with Crippen molar-refractivity contribution in [3.63, 3.8) is 0 Å². The van der Waals surface area contributed by atoms with E-state index in [0.29, 0.717) is 24.5 Å². The smallest absolute Gasteiger partial charge is 0.282 e. The number of hydrogen-bond donors (Lipinski definition) is 1. The van der Waals surface area contributed by atoms with Crippen LogP contribution in [0.15, 0.2) is 29.3 Å². The first-order valence-electron chi connectivity index (χ1n) is 8.53. The van der Waals surface area contributed by atoms with Crippen molar-refractivity contribution in [3.05, 3.63) is 29.8 Å². The number of benzene rings is 1. The zero-order valence-electron chi connectivity index (χ0n) is 13.3. The fourth-order valence-corrected chi connectivity index (χ4v) is 3.78. The first-order chi connectivity index (χ1) is 11.2. The maximum atomic E-state index is 11.8. The van der Waals surface area contributed by atoms with E-state index in [2.05, 4.69) is 29.3 Å². The minimum atomic E-state index is 0.217. The van der Waals surface area contributed by atoms with Crippen LogP contribution in [0.2, 0.25) is 0 Å². The van der Waals surface area contributed by atoms with E-state index in [1.165, 1.54) is 18.4 Å². The van der Waals surface area contributed by atoms with Gasteiger partial charge in [0.1, 0.15) is 6.61 Å². The van der Waals surface area contributed by atoms with Crippen molar-refractivity contribution in [3.8, 4) is 0 Å². The first kappa shape index (κ1) is 14.5. The second kappa shape index (κ2) is 5.55. The summed E-state index contributed by atoms with van der Waals surface area (Å²) in [7, 11) is 0. The third-order valence-electron chi connectivity index (χ3n) is 5.41. The molecule has 1 saturated carbocycles. The minimum Gasteiger partial charge on any atom is -0.463 e. The molecule has 2 fully saturated rings. The van der Waals surface area contributed by atoms with Gasteiger partial charge in [-0.15, -0.1) is 0 Å². The molecule has 1 atom stereocenters. The average molecular weight is 313 g/mol. The van der Waals surface area contributed by atoms with Gasteiger partial charge in [-0.1, -0.05) is 12.1 Å². The van der Waals surface area contributed by atoms with Crippen molar-refractivity contribution < 1.29 is 9.53 Å². The fraction of sp³-hybridized carbons (Fsp3) is 0.556. The SMILES string of the molecule is NC1=NC(CCC2(c3ccc(N4CCCC4=O)cc3)CC2)CO1. The Labute approximate surface area is 136 Å². The number of hydrogen-bond acceptors (Lipinski definition) is 4. The summed E-state index contributed by atoms with van der Waals surface area (Å²) in [5.74, 6) is 0.246. The molecule has 1 aromatic carbocycles. The normalized spacial score (nSPS) is 25.4. The Kier molecular flexibility index (Phi) is 3.51. The molecule has 2 heterocycles. The standard InChI is InChI=1S/C18H23N3O2/c19-17-20-14(12-23-17)7-8-18(9-10-18)13-3-5-15(6-4-13)21-11-1-2-16(21)22/h3-6,14H,1-2,7-12H2,(H2,19,20). The largest absolute Gasteiger partial charge is 0.463 e. The molecular weight excluding hydrogens is 290 g/mol. The Bertz CT molecular complexity index is 634. The van der Waals surface area contributed by atoms with Gasteiger partial charge < -0.3 is 15.4 Å². The number of amidine groups is 1. The Balaban J connectivity index is 1.42. The molecule has 5 heteroatoms. The zero-order chi connectivity index (χ0) is 15.9. The van der Waals surface area contributed by atoms with E-state index in [-0.39, 0.29) is 11.9 Å². The van der Waals surface area contributed by atoms with Crippen molar-refractivity contribution in [1.82, 2.24) is 0 Å². The lowest BCUT2D eigenvalue weighted by Crippen LogP contribution is -2.23. The Morgan fingerprint density at radius 3 is 2.65 bits per heavy atom. The van der Waals surface area contributed by atoms with Crippen LogP contribution in [0.1, 0.15) is 44.1 Å². The molecule has 0 aromatic heterocycles. The summed E-state index contributed by atoms with van der Waals surface area (Å²) < 4.78 is 5.23. The van der Waals surface area contributed by atoms with Gasteiger partial charge in [-0.2, -0.15) is 0 Å². The van der Waals surface area contributed by atoms with Gasteiger partial charge in [0.25, 0.3) is 6.02 Å². The van der Waals surface area contributed by atoms with Crippen LogP contribution in [0.3, 0.4) is 0 Å². The lowest BCUT2D eigenvalue weighted by atomic mass is 9.89. The van der Waals surface area contributed by atoms with Gasteiger partial charge in [0, 0.05) is 18.7 Å². The van der Waals surface area contributed by atoms with E-state index in [9.17, 15) is 4.79 Å². The van der Waals surface area contributed by atoms with Crippen molar-refractivity contribution in [2.24, 2.45) is 10.7 Å². The van der Waals surface area contributed by atoms with Crippen LogP contribution in [0.5, 0.6) is 0 Å². The van der Waals surface area contributed by atoms with E-state index in [1.807, 2.05) is 4.90 Å². The molecular formula is C18H23N3O2. The molecule has 2 aliphatic heterocycles. The van der Waals surface area contributed by atoms with E-state index in [0.717, 1.165) is 31.5 Å². The van der Waals surface area contributed by atoms with E-state index >= 15 is 0 Å². The summed E-state index contributed by atoms with van der Waals surface area (Å²) in [6.45, 7) is 1.47. The minimum absolute atomic E-state index is 0.217. The summed E-state index contributed by atoms with van der Waals surface area (Å²) in [6.07, 6.45) is 6.27. The van der Waals surface area contributed by atoms with Gasteiger partial charge in [-0.25, -0.2) is 4.99 Å². The summed E-state index contributed by atoms with van der Waals surface area (Å²) >= 11 is 0. The summed E-state index contributed by atoms with van der Waals surface area (Å²) in [5, 5.41) is 0. The van der Waals surface area contributed by atoms with Crippen molar-refractivity contribution in [1.29, 1.82) is 0 Å². The maximum absolute atomic E-state index is 11.8. The molecule has 1 amide bonds. The zero-order valence-corrected chi connectivity index (χ0v) is 13.3. The van der Waals surface area contributed by atoms with Crippen LogP contribution in [0.4, 0.5) is 5.69 Å². The highest BCUT2D eigenvalue weighted by Gasteiger charge is 2.44. The van der Waals surface area contributed by atoms with Crippen LogP contribution < -0.4 is 10.6 Å². The monoisotopic (exact) mass is 313 g/mol. The van der Waals surface area contributed by atoms with Crippen LogP contribution in [0.25, 0.3) is 0 Å². The summed E-state index contributed by atoms with van der Waals surface area (Å²) in [6, 6.07) is 9.17. The van der Waals surface area contributed by atoms with Gasteiger partial charge in [0.15, 0.2) is 0 Å². The summed E-state index contributed by atoms with van der Waals surface area (Å²) in [4.78, 5) is 18.1. The number of ether oxygens (including phenoxy) is 1. The van der Waals surface area contributed by atoms with Crippen molar-refractivity contribution in [2.75, 3.05) is 18.1 Å². The quantitative estimate of drug-likeness (QED) is 0.907. The van der Waals surface area contributed by atoms with Gasteiger partial charge in [-0.05, 0) is 55.2 Å². The molecule has 5 nitrogen and oxygen atoms in total. The second-order valence-corrected chi connectivity index (χ2v) is 6.95. The molecule has 1 aromatic rings. The van der Waals surface area contributed by atoms with E-state index in [1.54, 1.807) is 0 Å². The van der Waals surface area contributed by atoms with Crippen molar-refractivity contribution in [2.45, 2.75) is 50.0 Å². The highest BCUT2D eigenvalue weighted by molar-refractivity contribution is 5.95. The van der Waals surface area contributed by atoms with Crippen LogP contribution in [-0.4, -0.2) is 31.1 Å². The van der Waals surface area contributed by atoms with Crippen LogP contribution in [-0.2, 0) is 14.9 Å². The predicted octanol–water partition coefficient (Wildman–Crippen LogP) is 2.34. The Morgan fingerprint density at radius 2 is 2.09 bits per heavy atom. The number of carbonyl (C=O) groups is 1. The van der Waals surface area contributed by atoms with Gasteiger partial charge in [0.05, 0.1) is 6.04 Å². The number of carbonyl (C=O) groups excluding carboxylic acids is 1. The number of aliphatic imine (C=N–C) groups is 1. The Morgan fingerprint density at radius 1 is 1.30 bits per heavy atom. The topological polar surface area (TPSA) is 67.9 Å². The highest BCUT2D eigenvalue weighted by atomic mass is 16.5.